The van der Waals surface area contributed by atoms with Crippen LogP contribution in [0.2, 0.25) is 0 Å². The number of carbonyl (C=O) groups is 1. The molecule has 0 unspecified atom stereocenters. The molecule has 0 fully saturated rings. The first kappa shape index (κ1) is 16.6. The molecule has 2 rings (SSSR count). The SMILES string of the molecule is C=C(C)COc1ccc(C(=O)NCc2ccc(OC)cc2)cc1. The van der Waals surface area contributed by atoms with Crippen LogP contribution in [-0.4, -0.2) is 19.6 Å². The molecule has 0 aliphatic carbocycles. The van der Waals surface area contributed by atoms with Gasteiger partial charge in [-0.2, -0.15) is 0 Å². The van der Waals surface area contributed by atoms with Crippen molar-refractivity contribution in [3.05, 3.63) is 71.8 Å². The summed E-state index contributed by atoms with van der Waals surface area (Å²) in [6, 6.07) is 14.6. The number of amides is 1. The molecule has 0 aliphatic rings. The summed E-state index contributed by atoms with van der Waals surface area (Å²) in [6.45, 7) is 6.63. The summed E-state index contributed by atoms with van der Waals surface area (Å²) in [5.41, 5.74) is 2.56. The van der Waals surface area contributed by atoms with Crippen LogP contribution in [-0.2, 0) is 6.54 Å². The Morgan fingerprint density at radius 1 is 1.04 bits per heavy atom. The number of hydrogen-bond donors (Lipinski definition) is 1. The molecule has 23 heavy (non-hydrogen) atoms. The van der Waals surface area contributed by atoms with Crippen molar-refractivity contribution in [3.8, 4) is 11.5 Å². The third-order valence-corrected chi connectivity index (χ3v) is 3.21. The summed E-state index contributed by atoms with van der Waals surface area (Å²) in [5, 5.41) is 2.89. The van der Waals surface area contributed by atoms with Crippen LogP contribution in [0.15, 0.2) is 60.7 Å². The zero-order valence-corrected chi connectivity index (χ0v) is 13.5. The van der Waals surface area contributed by atoms with E-state index in [1.807, 2.05) is 31.2 Å². The molecule has 0 heterocycles. The Balaban J connectivity index is 1.88. The quantitative estimate of drug-likeness (QED) is 0.795. The van der Waals surface area contributed by atoms with Crippen LogP contribution < -0.4 is 14.8 Å². The van der Waals surface area contributed by atoms with Crippen molar-refractivity contribution >= 4 is 5.91 Å². The van der Waals surface area contributed by atoms with Gasteiger partial charge in [-0.25, -0.2) is 0 Å². The average molecular weight is 311 g/mol. The summed E-state index contributed by atoms with van der Waals surface area (Å²) in [4.78, 5) is 12.1. The van der Waals surface area contributed by atoms with Crippen molar-refractivity contribution in [2.75, 3.05) is 13.7 Å². The summed E-state index contributed by atoms with van der Waals surface area (Å²) in [7, 11) is 1.63. The van der Waals surface area contributed by atoms with Crippen molar-refractivity contribution in [1.29, 1.82) is 0 Å². The molecule has 0 bridgehead atoms. The minimum Gasteiger partial charge on any atom is -0.497 e. The maximum atomic E-state index is 12.1. The van der Waals surface area contributed by atoms with Gasteiger partial charge in [-0.1, -0.05) is 18.7 Å². The Labute approximate surface area is 136 Å². The highest BCUT2D eigenvalue weighted by Gasteiger charge is 2.05. The van der Waals surface area contributed by atoms with Crippen LogP contribution in [0.5, 0.6) is 11.5 Å². The van der Waals surface area contributed by atoms with E-state index in [0.717, 1.165) is 22.6 Å². The van der Waals surface area contributed by atoms with E-state index in [2.05, 4.69) is 11.9 Å². The molecule has 0 aliphatic heterocycles. The molecule has 0 radical (unpaired) electrons. The number of nitrogens with one attached hydrogen (secondary N) is 1. The zero-order valence-electron chi connectivity index (χ0n) is 13.5. The van der Waals surface area contributed by atoms with Crippen molar-refractivity contribution in [3.63, 3.8) is 0 Å². The van der Waals surface area contributed by atoms with Gasteiger partial charge in [0.2, 0.25) is 0 Å². The monoisotopic (exact) mass is 311 g/mol. The van der Waals surface area contributed by atoms with Crippen molar-refractivity contribution in [2.24, 2.45) is 0 Å². The smallest absolute Gasteiger partial charge is 0.251 e. The molecule has 120 valence electrons. The molecule has 1 N–H and O–H groups in total. The Bertz CT molecular complexity index is 660. The van der Waals surface area contributed by atoms with Crippen LogP contribution in [0.4, 0.5) is 0 Å². The molecule has 0 saturated carbocycles. The van der Waals surface area contributed by atoms with E-state index >= 15 is 0 Å². The molecule has 0 saturated heterocycles. The van der Waals surface area contributed by atoms with Gasteiger partial charge < -0.3 is 14.8 Å². The highest BCUT2D eigenvalue weighted by atomic mass is 16.5. The maximum Gasteiger partial charge on any atom is 0.251 e. The third kappa shape index (κ3) is 5.18. The molecule has 2 aromatic rings. The zero-order chi connectivity index (χ0) is 16.7. The molecular formula is C19H21NO3. The normalized spacial score (nSPS) is 10.0. The van der Waals surface area contributed by atoms with Crippen LogP contribution >= 0.6 is 0 Å². The van der Waals surface area contributed by atoms with Gasteiger partial charge in [0.25, 0.3) is 5.91 Å². The van der Waals surface area contributed by atoms with Crippen molar-refractivity contribution < 1.29 is 14.3 Å². The molecule has 2 aromatic carbocycles. The fourth-order valence-corrected chi connectivity index (χ4v) is 1.94. The summed E-state index contributed by atoms with van der Waals surface area (Å²) in [5.74, 6) is 1.40. The highest BCUT2D eigenvalue weighted by Crippen LogP contribution is 2.14. The minimum absolute atomic E-state index is 0.118. The van der Waals surface area contributed by atoms with Gasteiger partial charge in [-0.05, 0) is 54.5 Å². The van der Waals surface area contributed by atoms with Crippen LogP contribution in [0.3, 0.4) is 0 Å². The number of carbonyl (C=O) groups excluding carboxylic acids is 1. The van der Waals surface area contributed by atoms with Crippen LogP contribution in [0.1, 0.15) is 22.8 Å². The average Bonchev–Trinajstić information content (AvgIpc) is 2.58. The van der Waals surface area contributed by atoms with Gasteiger partial charge in [-0.3, -0.25) is 4.79 Å². The highest BCUT2D eigenvalue weighted by molar-refractivity contribution is 5.94. The largest absolute Gasteiger partial charge is 0.497 e. The number of rotatable bonds is 7. The summed E-state index contributed by atoms with van der Waals surface area (Å²) in [6.07, 6.45) is 0. The van der Waals surface area contributed by atoms with Crippen molar-refractivity contribution in [2.45, 2.75) is 13.5 Å². The van der Waals surface area contributed by atoms with E-state index < -0.39 is 0 Å². The molecule has 1 amide bonds. The first-order valence-corrected chi connectivity index (χ1v) is 7.37. The molecular weight excluding hydrogens is 290 g/mol. The first-order valence-electron chi connectivity index (χ1n) is 7.37. The second-order valence-electron chi connectivity index (χ2n) is 5.30. The Morgan fingerprint density at radius 3 is 2.22 bits per heavy atom. The van der Waals surface area contributed by atoms with Gasteiger partial charge in [0.15, 0.2) is 0 Å². The molecule has 0 aromatic heterocycles. The molecule has 4 heteroatoms. The standard InChI is InChI=1S/C19H21NO3/c1-14(2)13-23-18-10-6-16(7-11-18)19(21)20-12-15-4-8-17(22-3)9-5-15/h4-11H,1,12-13H2,2-3H3,(H,20,21). The van der Waals surface area contributed by atoms with Gasteiger partial charge >= 0.3 is 0 Å². The van der Waals surface area contributed by atoms with Gasteiger partial charge in [0, 0.05) is 12.1 Å². The summed E-state index contributed by atoms with van der Waals surface area (Å²) < 4.78 is 10.6. The number of hydrogen-bond acceptors (Lipinski definition) is 3. The van der Waals surface area contributed by atoms with E-state index in [4.69, 9.17) is 9.47 Å². The predicted molar refractivity (Wildman–Crippen MR) is 90.9 cm³/mol. The van der Waals surface area contributed by atoms with Crippen LogP contribution in [0.25, 0.3) is 0 Å². The first-order chi connectivity index (χ1) is 11.1. The molecule has 4 nitrogen and oxygen atoms in total. The number of benzene rings is 2. The van der Waals surface area contributed by atoms with Gasteiger partial charge in [0.05, 0.1) is 7.11 Å². The van der Waals surface area contributed by atoms with Crippen LogP contribution in [0, 0.1) is 0 Å². The lowest BCUT2D eigenvalue weighted by Crippen LogP contribution is -2.22. The van der Waals surface area contributed by atoms with E-state index in [0.29, 0.717) is 18.7 Å². The Hall–Kier alpha value is -2.75. The molecule has 0 atom stereocenters. The second kappa shape index (κ2) is 8.03. The fourth-order valence-electron chi connectivity index (χ4n) is 1.94. The topological polar surface area (TPSA) is 47.6 Å². The lowest BCUT2D eigenvalue weighted by molar-refractivity contribution is 0.0951. The van der Waals surface area contributed by atoms with Gasteiger partial charge in [0.1, 0.15) is 18.1 Å². The van der Waals surface area contributed by atoms with Crippen molar-refractivity contribution in [1.82, 2.24) is 5.32 Å². The van der Waals surface area contributed by atoms with E-state index in [-0.39, 0.29) is 5.91 Å². The fraction of sp³-hybridized carbons (Fsp3) is 0.211. The summed E-state index contributed by atoms with van der Waals surface area (Å²) >= 11 is 0. The van der Waals surface area contributed by atoms with E-state index in [1.165, 1.54) is 0 Å². The Kier molecular flexibility index (Phi) is 5.80. The van der Waals surface area contributed by atoms with E-state index in [1.54, 1.807) is 31.4 Å². The minimum atomic E-state index is -0.118. The maximum absolute atomic E-state index is 12.1. The number of ether oxygens (including phenoxy) is 2. The second-order valence-corrected chi connectivity index (χ2v) is 5.30. The lowest BCUT2D eigenvalue weighted by Gasteiger charge is -2.08. The number of methoxy groups -OCH3 is 1. The van der Waals surface area contributed by atoms with Gasteiger partial charge in [-0.15, -0.1) is 0 Å². The Morgan fingerprint density at radius 2 is 1.65 bits per heavy atom. The lowest BCUT2D eigenvalue weighted by atomic mass is 10.2. The third-order valence-electron chi connectivity index (χ3n) is 3.21. The van der Waals surface area contributed by atoms with E-state index in [9.17, 15) is 4.79 Å². The predicted octanol–water partition coefficient (Wildman–Crippen LogP) is 3.58. The molecule has 0 spiro atoms.